The maximum Gasteiger partial charge on any atom is 0.395 e. The summed E-state index contributed by atoms with van der Waals surface area (Å²) in [5.41, 5.74) is -1.43. The number of nitrogens with one attached hydrogen (secondary N) is 1. The van der Waals surface area contributed by atoms with Crippen LogP contribution in [0.3, 0.4) is 0 Å². The van der Waals surface area contributed by atoms with Gasteiger partial charge in [0, 0.05) is 6.54 Å². The fraction of sp³-hybridized carbons (Fsp3) is 1.00. The fourth-order valence-electron chi connectivity index (χ4n) is 1.82. The molecule has 0 aromatic carbocycles. The number of rotatable bonds is 2. The van der Waals surface area contributed by atoms with Gasteiger partial charge in [-0.25, -0.2) is 0 Å². The van der Waals surface area contributed by atoms with Crippen molar-refractivity contribution in [2.45, 2.75) is 32.4 Å². The molecule has 1 aliphatic heterocycles. The van der Waals surface area contributed by atoms with E-state index in [9.17, 15) is 13.2 Å². The molecule has 1 saturated heterocycles. The molecule has 1 N–H and O–H groups in total. The first-order chi connectivity index (χ1) is 5.52. The molecule has 12 heavy (non-hydrogen) atoms. The van der Waals surface area contributed by atoms with Crippen LogP contribution in [0.2, 0.25) is 0 Å². The average molecular weight is 181 g/mol. The van der Waals surface area contributed by atoms with E-state index in [4.69, 9.17) is 0 Å². The van der Waals surface area contributed by atoms with Gasteiger partial charge in [0.1, 0.15) is 0 Å². The molecule has 4 heteroatoms. The van der Waals surface area contributed by atoms with Crippen molar-refractivity contribution in [3.8, 4) is 0 Å². The van der Waals surface area contributed by atoms with Crippen molar-refractivity contribution in [2.24, 2.45) is 5.41 Å². The van der Waals surface area contributed by atoms with Crippen molar-refractivity contribution in [3.63, 3.8) is 0 Å². The molecular weight excluding hydrogens is 167 g/mol. The molecule has 0 aliphatic carbocycles. The standard InChI is InChI=1S/C8H14F3N/c1-2-3-7(8(9,10)11)4-5-12-6-7/h12H,2-6H2,1H3. The lowest BCUT2D eigenvalue weighted by Crippen LogP contribution is -2.39. The molecule has 0 aromatic heterocycles. The van der Waals surface area contributed by atoms with Crippen molar-refractivity contribution in [3.05, 3.63) is 0 Å². The fourth-order valence-corrected chi connectivity index (χ4v) is 1.82. The Hall–Kier alpha value is -0.250. The Morgan fingerprint density at radius 2 is 2.08 bits per heavy atom. The molecule has 0 aromatic rings. The lowest BCUT2D eigenvalue weighted by Gasteiger charge is -2.30. The molecule has 0 amide bonds. The van der Waals surface area contributed by atoms with Crippen molar-refractivity contribution in [1.29, 1.82) is 0 Å². The van der Waals surface area contributed by atoms with Gasteiger partial charge in [-0.3, -0.25) is 0 Å². The van der Waals surface area contributed by atoms with Crippen molar-refractivity contribution in [2.75, 3.05) is 13.1 Å². The Kier molecular flexibility index (Phi) is 2.66. The lowest BCUT2D eigenvalue weighted by atomic mass is 9.82. The Morgan fingerprint density at radius 1 is 1.42 bits per heavy atom. The molecule has 0 radical (unpaired) electrons. The Labute approximate surface area is 70.3 Å². The molecule has 1 aliphatic rings. The summed E-state index contributed by atoms with van der Waals surface area (Å²) in [6, 6.07) is 0. The Balaban J connectivity index is 2.72. The average Bonchev–Trinajstić information content (AvgIpc) is 2.36. The van der Waals surface area contributed by atoms with Crippen molar-refractivity contribution in [1.82, 2.24) is 5.32 Å². The van der Waals surface area contributed by atoms with E-state index in [2.05, 4.69) is 5.32 Å². The second-order valence-electron chi connectivity index (χ2n) is 3.45. The molecule has 72 valence electrons. The zero-order valence-corrected chi connectivity index (χ0v) is 7.17. The third-order valence-electron chi connectivity index (χ3n) is 2.57. The Bertz CT molecular complexity index is 147. The SMILES string of the molecule is CCCC1(C(F)(F)F)CCNC1. The van der Waals surface area contributed by atoms with E-state index < -0.39 is 11.6 Å². The van der Waals surface area contributed by atoms with Gasteiger partial charge in [-0.15, -0.1) is 0 Å². The minimum Gasteiger partial charge on any atom is -0.316 e. The summed E-state index contributed by atoms with van der Waals surface area (Å²) in [6.45, 7) is 2.40. The van der Waals surface area contributed by atoms with E-state index in [0.717, 1.165) is 0 Å². The first-order valence-corrected chi connectivity index (χ1v) is 4.29. The Morgan fingerprint density at radius 3 is 2.42 bits per heavy atom. The smallest absolute Gasteiger partial charge is 0.316 e. The summed E-state index contributed by atoms with van der Waals surface area (Å²) in [4.78, 5) is 0. The molecule has 1 fully saturated rings. The molecule has 1 heterocycles. The highest BCUT2D eigenvalue weighted by Crippen LogP contribution is 2.46. The predicted octanol–water partition coefficient (Wildman–Crippen LogP) is 2.33. The van der Waals surface area contributed by atoms with E-state index in [1.54, 1.807) is 6.92 Å². The number of halogens is 3. The highest BCUT2D eigenvalue weighted by molar-refractivity contribution is 4.93. The zero-order valence-electron chi connectivity index (χ0n) is 7.17. The van der Waals surface area contributed by atoms with Gasteiger partial charge in [0.2, 0.25) is 0 Å². The van der Waals surface area contributed by atoms with Crippen LogP contribution in [0.4, 0.5) is 13.2 Å². The van der Waals surface area contributed by atoms with Crippen LogP contribution in [0.15, 0.2) is 0 Å². The molecular formula is C8H14F3N. The molecule has 0 bridgehead atoms. The second-order valence-corrected chi connectivity index (χ2v) is 3.45. The maximum absolute atomic E-state index is 12.6. The molecule has 1 atom stereocenters. The van der Waals surface area contributed by atoms with Gasteiger partial charge in [0.15, 0.2) is 0 Å². The largest absolute Gasteiger partial charge is 0.395 e. The highest BCUT2D eigenvalue weighted by Gasteiger charge is 2.54. The lowest BCUT2D eigenvalue weighted by molar-refractivity contribution is -0.219. The van der Waals surface area contributed by atoms with Crippen LogP contribution in [0.5, 0.6) is 0 Å². The van der Waals surface area contributed by atoms with E-state index in [-0.39, 0.29) is 19.4 Å². The third-order valence-corrected chi connectivity index (χ3v) is 2.57. The van der Waals surface area contributed by atoms with Crippen molar-refractivity contribution < 1.29 is 13.2 Å². The van der Waals surface area contributed by atoms with E-state index in [1.165, 1.54) is 0 Å². The minimum atomic E-state index is -4.04. The van der Waals surface area contributed by atoms with Gasteiger partial charge in [-0.2, -0.15) is 13.2 Å². The summed E-state index contributed by atoms with van der Waals surface area (Å²) in [5.74, 6) is 0. The summed E-state index contributed by atoms with van der Waals surface area (Å²) < 4.78 is 37.7. The monoisotopic (exact) mass is 181 g/mol. The first-order valence-electron chi connectivity index (χ1n) is 4.29. The van der Waals surface area contributed by atoms with Crippen LogP contribution in [0, 0.1) is 5.41 Å². The third kappa shape index (κ3) is 1.58. The zero-order chi connectivity index (χ0) is 9.24. The number of hydrogen-bond donors (Lipinski definition) is 1. The van der Waals surface area contributed by atoms with E-state index >= 15 is 0 Å². The van der Waals surface area contributed by atoms with Crippen LogP contribution < -0.4 is 5.32 Å². The summed E-state index contributed by atoms with van der Waals surface area (Å²) in [7, 11) is 0. The van der Waals surface area contributed by atoms with Crippen LogP contribution >= 0.6 is 0 Å². The molecule has 1 unspecified atom stereocenters. The van der Waals surface area contributed by atoms with Gasteiger partial charge in [-0.05, 0) is 19.4 Å². The first kappa shape index (κ1) is 9.84. The van der Waals surface area contributed by atoms with Gasteiger partial charge < -0.3 is 5.32 Å². The number of alkyl halides is 3. The van der Waals surface area contributed by atoms with E-state index in [1.807, 2.05) is 0 Å². The van der Waals surface area contributed by atoms with Crippen LogP contribution in [-0.4, -0.2) is 19.3 Å². The van der Waals surface area contributed by atoms with Gasteiger partial charge in [0.05, 0.1) is 5.41 Å². The molecule has 1 nitrogen and oxygen atoms in total. The van der Waals surface area contributed by atoms with Gasteiger partial charge in [0.25, 0.3) is 0 Å². The normalized spacial score (nSPS) is 31.0. The highest BCUT2D eigenvalue weighted by atomic mass is 19.4. The summed E-state index contributed by atoms with van der Waals surface area (Å²) in [6.07, 6.45) is -2.94. The molecule has 0 saturated carbocycles. The van der Waals surface area contributed by atoms with Gasteiger partial charge >= 0.3 is 6.18 Å². The van der Waals surface area contributed by atoms with E-state index in [0.29, 0.717) is 13.0 Å². The van der Waals surface area contributed by atoms with Crippen LogP contribution in [0.25, 0.3) is 0 Å². The summed E-state index contributed by atoms with van der Waals surface area (Å²) in [5, 5.41) is 2.78. The number of hydrogen-bond acceptors (Lipinski definition) is 1. The predicted molar refractivity (Wildman–Crippen MR) is 40.9 cm³/mol. The molecule has 1 rings (SSSR count). The molecule has 0 spiro atoms. The van der Waals surface area contributed by atoms with Gasteiger partial charge in [-0.1, -0.05) is 13.3 Å². The van der Waals surface area contributed by atoms with Crippen LogP contribution in [0.1, 0.15) is 26.2 Å². The second kappa shape index (κ2) is 3.24. The topological polar surface area (TPSA) is 12.0 Å². The quantitative estimate of drug-likeness (QED) is 0.689. The summed E-state index contributed by atoms with van der Waals surface area (Å²) >= 11 is 0. The minimum absolute atomic E-state index is 0.102. The maximum atomic E-state index is 12.6. The van der Waals surface area contributed by atoms with Crippen LogP contribution in [-0.2, 0) is 0 Å². The van der Waals surface area contributed by atoms with Crippen molar-refractivity contribution >= 4 is 0 Å².